The molecule has 0 heterocycles. The summed E-state index contributed by atoms with van der Waals surface area (Å²) in [5.41, 5.74) is 0. The number of hydrogen-bond donors (Lipinski definition) is 2. The smallest absolute Gasteiger partial charge is 0.186 e. The fraction of sp³-hybridized carbons (Fsp3) is 0.786. The number of allylic oxidation sites excluding steroid dienone is 2. The predicted molar refractivity (Wildman–Crippen MR) is 73.0 cm³/mol. The number of carboxylic acids is 1. The van der Waals surface area contributed by atoms with Crippen molar-refractivity contribution in [2.45, 2.75) is 39.0 Å². The molecule has 0 aromatic carbocycles. The van der Waals surface area contributed by atoms with Gasteiger partial charge in [0.1, 0.15) is 0 Å². The third kappa shape index (κ3) is 9.03. The first-order valence-corrected chi connectivity index (χ1v) is 7.06. The van der Waals surface area contributed by atoms with Gasteiger partial charge in [-0.1, -0.05) is 18.6 Å². The lowest BCUT2D eigenvalue weighted by atomic mass is 10.2. The molecular weight excluding hydrogens is 262 g/mol. The van der Waals surface area contributed by atoms with E-state index in [-0.39, 0.29) is 37.6 Å². The Morgan fingerprint density at radius 1 is 1.25 bits per heavy atom. The summed E-state index contributed by atoms with van der Waals surface area (Å²) >= 11 is 0. The van der Waals surface area contributed by atoms with Gasteiger partial charge >= 0.3 is 0 Å². The number of aliphatic hydroxyl groups excluding tert-OH is 2. The van der Waals surface area contributed by atoms with E-state index in [1.54, 1.807) is 0 Å². The van der Waals surface area contributed by atoms with Crippen LogP contribution in [0.1, 0.15) is 39.0 Å². The van der Waals surface area contributed by atoms with Crippen LogP contribution in [-0.2, 0) is 9.53 Å². The molecule has 0 saturated carbocycles. The summed E-state index contributed by atoms with van der Waals surface area (Å²) < 4.78 is 5.25. The molecule has 0 bridgehead atoms. The van der Waals surface area contributed by atoms with E-state index < -0.39 is 5.97 Å². The van der Waals surface area contributed by atoms with Crippen LogP contribution in [-0.4, -0.2) is 54.0 Å². The molecule has 118 valence electrons. The maximum atomic E-state index is 10.4. The fourth-order valence-corrected chi connectivity index (χ4v) is 1.73. The quantitative estimate of drug-likeness (QED) is 0.215. The number of carboxylic acid groups (broad SMARTS) is 1. The molecule has 0 unspecified atom stereocenters. The van der Waals surface area contributed by atoms with Crippen LogP contribution >= 0.6 is 0 Å². The van der Waals surface area contributed by atoms with Crippen LogP contribution in [0.15, 0.2) is 12.2 Å². The van der Waals surface area contributed by atoms with E-state index in [0.717, 1.165) is 25.7 Å². The van der Waals surface area contributed by atoms with E-state index in [9.17, 15) is 20.1 Å². The molecule has 0 aliphatic heterocycles. The summed E-state index contributed by atoms with van der Waals surface area (Å²) in [7, 11) is 0. The summed E-state index contributed by atoms with van der Waals surface area (Å²) in [5, 5.41) is 29.0. The Kier molecular flexibility index (Phi) is 11.3. The molecule has 6 nitrogen and oxygen atoms in total. The Morgan fingerprint density at radius 2 is 1.95 bits per heavy atom. The van der Waals surface area contributed by atoms with Gasteiger partial charge in [0.15, 0.2) is 20.2 Å². The second-order valence-corrected chi connectivity index (χ2v) is 4.93. The minimum atomic E-state index is -1.20. The SMILES string of the molecule is C/C=C/CCCCCOC[N+](CO)(CO)CCC(=O)[O-]. The molecule has 0 aliphatic rings. The highest BCUT2D eigenvalue weighted by molar-refractivity contribution is 5.64. The van der Waals surface area contributed by atoms with Crippen molar-refractivity contribution < 1.29 is 29.3 Å². The maximum Gasteiger partial charge on any atom is 0.186 e. The largest absolute Gasteiger partial charge is 0.550 e. The standard InChI is InChI=1S/C14H27NO5/c1-2-3-4-5-6-7-10-20-13-15(11-16,12-17)9-8-14(18)19/h2-3,16-17H,4-13H2,1H3/b3-2+. The van der Waals surface area contributed by atoms with Crippen LogP contribution < -0.4 is 5.11 Å². The Bertz CT molecular complexity index is 277. The average molecular weight is 289 g/mol. The summed E-state index contributed by atoms with van der Waals surface area (Å²) in [6, 6.07) is 0. The molecule has 0 aromatic heterocycles. The zero-order valence-corrected chi connectivity index (χ0v) is 12.3. The molecule has 0 rings (SSSR count). The minimum Gasteiger partial charge on any atom is -0.550 e. The van der Waals surface area contributed by atoms with Crippen molar-refractivity contribution in [2.75, 3.05) is 33.3 Å². The van der Waals surface area contributed by atoms with Crippen molar-refractivity contribution in [1.29, 1.82) is 0 Å². The van der Waals surface area contributed by atoms with Gasteiger partial charge in [0, 0.05) is 12.4 Å². The second kappa shape index (κ2) is 11.8. The monoisotopic (exact) mass is 289 g/mol. The third-order valence-corrected chi connectivity index (χ3v) is 3.15. The molecule has 20 heavy (non-hydrogen) atoms. The van der Waals surface area contributed by atoms with Crippen LogP contribution in [0.25, 0.3) is 0 Å². The average Bonchev–Trinajstić information content (AvgIpc) is 2.45. The van der Waals surface area contributed by atoms with Gasteiger partial charge in [-0.2, -0.15) is 0 Å². The van der Waals surface area contributed by atoms with Gasteiger partial charge in [0.2, 0.25) is 0 Å². The van der Waals surface area contributed by atoms with Crippen molar-refractivity contribution in [1.82, 2.24) is 0 Å². The van der Waals surface area contributed by atoms with Crippen LogP contribution in [0.4, 0.5) is 0 Å². The second-order valence-electron chi connectivity index (χ2n) is 4.93. The molecule has 0 amide bonds. The van der Waals surface area contributed by atoms with Gasteiger partial charge in [0.25, 0.3) is 0 Å². The lowest BCUT2D eigenvalue weighted by Crippen LogP contribution is -2.52. The van der Waals surface area contributed by atoms with Crippen LogP contribution in [0, 0.1) is 0 Å². The van der Waals surface area contributed by atoms with E-state index >= 15 is 0 Å². The maximum absolute atomic E-state index is 10.4. The van der Waals surface area contributed by atoms with E-state index in [1.165, 1.54) is 0 Å². The minimum absolute atomic E-state index is 0.0939. The van der Waals surface area contributed by atoms with Crippen molar-refractivity contribution in [3.63, 3.8) is 0 Å². The van der Waals surface area contributed by atoms with E-state index in [4.69, 9.17) is 4.74 Å². The summed E-state index contributed by atoms with van der Waals surface area (Å²) in [4.78, 5) is 10.4. The first kappa shape index (κ1) is 19.1. The van der Waals surface area contributed by atoms with Crippen molar-refractivity contribution >= 4 is 5.97 Å². The van der Waals surface area contributed by atoms with Crippen LogP contribution in [0.5, 0.6) is 0 Å². The number of nitrogens with zero attached hydrogens (tertiary/aromatic N) is 1. The lowest BCUT2D eigenvalue weighted by Gasteiger charge is -2.33. The number of hydrogen-bond acceptors (Lipinski definition) is 5. The topological polar surface area (TPSA) is 89.8 Å². The summed E-state index contributed by atoms with van der Waals surface area (Å²) in [5.74, 6) is -1.20. The molecule has 0 radical (unpaired) electrons. The molecular formula is C14H27NO5. The van der Waals surface area contributed by atoms with Gasteiger partial charge in [-0.3, -0.25) is 4.48 Å². The number of carbonyl (C=O) groups is 1. The van der Waals surface area contributed by atoms with Crippen LogP contribution in [0.2, 0.25) is 0 Å². The highest BCUT2D eigenvalue weighted by Gasteiger charge is 2.25. The highest BCUT2D eigenvalue weighted by Crippen LogP contribution is 2.07. The molecule has 0 aliphatic carbocycles. The fourth-order valence-electron chi connectivity index (χ4n) is 1.73. The first-order chi connectivity index (χ1) is 9.60. The third-order valence-electron chi connectivity index (χ3n) is 3.15. The molecule has 6 heteroatoms. The van der Waals surface area contributed by atoms with Crippen LogP contribution in [0.3, 0.4) is 0 Å². The number of carbonyl (C=O) groups excluding carboxylic acids is 1. The Morgan fingerprint density at radius 3 is 2.50 bits per heavy atom. The summed E-state index contributed by atoms with van der Waals surface area (Å²) in [6.45, 7) is 2.03. The Labute approximate surface area is 120 Å². The highest BCUT2D eigenvalue weighted by atomic mass is 16.5. The Hall–Kier alpha value is -0.950. The van der Waals surface area contributed by atoms with E-state index in [1.807, 2.05) is 13.0 Å². The molecule has 0 aromatic rings. The van der Waals surface area contributed by atoms with Gasteiger partial charge in [0.05, 0.1) is 13.2 Å². The lowest BCUT2D eigenvalue weighted by molar-refractivity contribution is -0.976. The van der Waals surface area contributed by atoms with Crippen molar-refractivity contribution in [2.24, 2.45) is 0 Å². The molecule has 0 saturated heterocycles. The number of aliphatic hydroxyl groups is 2. The zero-order valence-electron chi connectivity index (χ0n) is 12.3. The zero-order chi connectivity index (χ0) is 15.3. The predicted octanol–water partition coefficient (Wildman–Crippen LogP) is -0.0466. The number of unbranched alkanes of at least 4 members (excludes halogenated alkanes) is 3. The van der Waals surface area contributed by atoms with E-state index in [2.05, 4.69) is 6.08 Å². The normalized spacial score (nSPS) is 12.2. The molecule has 0 spiro atoms. The van der Waals surface area contributed by atoms with E-state index in [0.29, 0.717) is 6.61 Å². The summed E-state index contributed by atoms with van der Waals surface area (Å²) in [6.07, 6.45) is 8.08. The van der Waals surface area contributed by atoms with Gasteiger partial charge in [-0.05, 0) is 26.2 Å². The van der Waals surface area contributed by atoms with Gasteiger partial charge in [-0.15, -0.1) is 0 Å². The number of rotatable bonds is 13. The van der Waals surface area contributed by atoms with Gasteiger partial charge < -0.3 is 24.9 Å². The molecule has 0 fully saturated rings. The molecule has 0 atom stereocenters. The molecule has 2 N–H and O–H groups in total. The number of ether oxygens (including phenoxy) is 1. The number of aliphatic carboxylic acids is 1. The van der Waals surface area contributed by atoms with Crippen molar-refractivity contribution in [3.05, 3.63) is 12.2 Å². The first-order valence-electron chi connectivity index (χ1n) is 7.06. The van der Waals surface area contributed by atoms with Gasteiger partial charge in [-0.25, -0.2) is 0 Å². The van der Waals surface area contributed by atoms with Crippen molar-refractivity contribution in [3.8, 4) is 0 Å². The number of quaternary nitrogens is 1. The Balaban J connectivity index is 3.82.